The fraction of sp³-hybridized carbons (Fsp3) is 0.357. The van der Waals surface area contributed by atoms with Gasteiger partial charge in [0.2, 0.25) is 5.82 Å². The first-order valence-electron chi connectivity index (χ1n) is 6.86. The van der Waals surface area contributed by atoms with Crippen LogP contribution < -0.4 is 10.6 Å². The van der Waals surface area contributed by atoms with Crippen LogP contribution in [0.15, 0.2) is 29.6 Å². The fourth-order valence-corrected chi connectivity index (χ4v) is 2.55. The first kappa shape index (κ1) is 15.2. The van der Waals surface area contributed by atoms with E-state index in [1.807, 2.05) is 17.5 Å². The van der Waals surface area contributed by atoms with Crippen LogP contribution in [-0.2, 0) is 6.42 Å². The molecule has 0 bridgehead atoms. The topological polar surface area (TPSA) is 80.1 Å². The summed E-state index contributed by atoms with van der Waals surface area (Å²) in [6, 6.07) is 7.17. The Hall–Kier alpha value is -2.15. The molecule has 2 rings (SSSR count). The highest BCUT2D eigenvalue weighted by atomic mass is 32.1. The van der Waals surface area contributed by atoms with E-state index in [0.29, 0.717) is 18.2 Å². The van der Waals surface area contributed by atoms with Gasteiger partial charge in [0.1, 0.15) is 5.82 Å². The van der Waals surface area contributed by atoms with Crippen LogP contribution in [-0.4, -0.2) is 23.0 Å². The highest BCUT2D eigenvalue weighted by Gasteiger charge is 2.15. The Morgan fingerprint density at radius 3 is 2.81 bits per heavy atom. The van der Waals surface area contributed by atoms with Crippen molar-refractivity contribution in [2.24, 2.45) is 0 Å². The van der Waals surface area contributed by atoms with Gasteiger partial charge in [-0.1, -0.05) is 13.0 Å². The van der Waals surface area contributed by atoms with Crippen LogP contribution in [0.4, 0.5) is 17.3 Å². The maximum atomic E-state index is 11.0. The minimum atomic E-state index is -0.413. The van der Waals surface area contributed by atoms with E-state index in [9.17, 15) is 10.1 Å². The van der Waals surface area contributed by atoms with Gasteiger partial charge in [-0.3, -0.25) is 10.1 Å². The maximum absolute atomic E-state index is 11.0. The van der Waals surface area contributed by atoms with Crippen molar-refractivity contribution in [3.63, 3.8) is 0 Å². The van der Waals surface area contributed by atoms with Gasteiger partial charge in [-0.25, -0.2) is 4.98 Å². The van der Waals surface area contributed by atoms with Gasteiger partial charge in [0.05, 0.1) is 4.92 Å². The zero-order valence-electron chi connectivity index (χ0n) is 11.8. The van der Waals surface area contributed by atoms with Crippen molar-refractivity contribution in [2.45, 2.75) is 19.8 Å². The van der Waals surface area contributed by atoms with Crippen LogP contribution in [0.5, 0.6) is 0 Å². The normalized spacial score (nSPS) is 10.3. The molecule has 0 saturated heterocycles. The van der Waals surface area contributed by atoms with Crippen molar-refractivity contribution in [3.05, 3.63) is 44.6 Å². The average molecular weight is 306 g/mol. The largest absolute Gasteiger partial charge is 0.370 e. The molecule has 0 unspecified atom stereocenters. The Balaban J connectivity index is 2.04. The van der Waals surface area contributed by atoms with Crippen LogP contribution in [0.3, 0.4) is 0 Å². The molecule has 0 spiro atoms. The Morgan fingerprint density at radius 1 is 1.29 bits per heavy atom. The predicted molar refractivity (Wildman–Crippen MR) is 86.2 cm³/mol. The lowest BCUT2D eigenvalue weighted by Gasteiger charge is -2.09. The number of rotatable bonds is 8. The molecule has 21 heavy (non-hydrogen) atoms. The average Bonchev–Trinajstić information content (AvgIpc) is 2.98. The van der Waals surface area contributed by atoms with Gasteiger partial charge < -0.3 is 10.6 Å². The third-order valence-electron chi connectivity index (χ3n) is 2.87. The smallest absolute Gasteiger partial charge is 0.311 e. The molecule has 2 aromatic rings. The summed E-state index contributed by atoms with van der Waals surface area (Å²) in [6.45, 7) is 3.46. The zero-order chi connectivity index (χ0) is 15.1. The molecule has 0 aromatic carbocycles. The van der Waals surface area contributed by atoms with E-state index in [2.05, 4.69) is 22.5 Å². The highest BCUT2D eigenvalue weighted by molar-refractivity contribution is 7.09. The number of anilines is 2. The quantitative estimate of drug-likeness (QED) is 0.576. The van der Waals surface area contributed by atoms with Gasteiger partial charge in [0.25, 0.3) is 0 Å². The molecular weight excluding hydrogens is 288 g/mol. The van der Waals surface area contributed by atoms with Gasteiger partial charge in [0, 0.05) is 24.0 Å². The molecule has 7 heteroatoms. The minimum Gasteiger partial charge on any atom is -0.370 e. The van der Waals surface area contributed by atoms with E-state index in [1.54, 1.807) is 17.4 Å². The summed E-state index contributed by atoms with van der Waals surface area (Å²) in [5.74, 6) is 0.971. The molecule has 2 N–H and O–H groups in total. The second-order valence-electron chi connectivity index (χ2n) is 4.50. The van der Waals surface area contributed by atoms with Crippen molar-refractivity contribution in [3.8, 4) is 0 Å². The third-order valence-corrected chi connectivity index (χ3v) is 3.81. The molecule has 0 aliphatic carbocycles. The highest BCUT2D eigenvalue weighted by Crippen LogP contribution is 2.24. The van der Waals surface area contributed by atoms with Crippen LogP contribution >= 0.6 is 11.3 Å². The first-order valence-corrected chi connectivity index (χ1v) is 7.74. The van der Waals surface area contributed by atoms with E-state index in [0.717, 1.165) is 19.4 Å². The van der Waals surface area contributed by atoms with E-state index < -0.39 is 4.92 Å². The van der Waals surface area contributed by atoms with Crippen molar-refractivity contribution in [1.82, 2.24) is 4.98 Å². The lowest BCUT2D eigenvalue weighted by atomic mass is 10.3. The van der Waals surface area contributed by atoms with Crippen molar-refractivity contribution in [1.29, 1.82) is 0 Å². The van der Waals surface area contributed by atoms with E-state index >= 15 is 0 Å². The number of nitrogens with zero attached hydrogens (tertiary/aromatic N) is 2. The molecule has 112 valence electrons. The Kier molecular flexibility index (Phi) is 5.51. The molecule has 0 fully saturated rings. The number of pyridine rings is 1. The predicted octanol–water partition coefficient (Wildman–Crippen LogP) is 3.53. The third kappa shape index (κ3) is 4.42. The monoisotopic (exact) mass is 306 g/mol. The number of nitro groups is 1. The van der Waals surface area contributed by atoms with Crippen LogP contribution in [0.1, 0.15) is 18.2 Å². The summed E-state index contributed by atoms with van der Waals surface area (Å²) in [6.07, 6.45) is 1.79. The summed E-state index contributed by atoms with van der Waals surface area (Å²) in [7, 11) is 0. The first-order chi connectivity index (χ1) is 10.2. The summed E-state index contributed by atoms with van der Waals surface area (Å²) in [5.41, 5.74) is 0.00299. The molecule has 0 amide bonds. The van der Waals surface area contributed by atoms with Crippen LogP contribution in [0.2, 0.25) is 0 Å². The van der Waals surface area contributed by atoms with E-state index in [-0.39, 0.29) is 5.69 Å². The summed E-state index contributed by atoms with van der Waals surface area (Å²) < 4.78 is 0. The Labute approximate surface area is 127 Å². The van der Waals surface area contributed by atoms with Gasteiger partial charge in [-0.2, -0.15) is 0 Å². The van der Waals surface area contributed by atoms with Gasteiger partial charge >= 0.3 is 5.69 Å². The molecule has 6 nitrogen and oxygen atoms in total. The van der Waals surface area contributed by atoms with Crippen molar-refractivity contribution in [2.75, 3.05) is 23.7 Å². The number of thiophene rings is 1. The van der Waals surface area contributed by atoms with Gasteiger partial charge in [0.15, 0.2) is 0 Å². The summed E-state index contributed by atoms with van der Waals surface area (Å²) in [4.78, 5) is 16.2. The molecular formula is C14H18N4O2S. The zero-order valence-corrected chi connectivity index (χ0v) is 12.7. The molecule has 0 atom stereocenters. The second-order valence-corrected chi connectivity index (χ2v) is 5.54. The van der Waals surface area contributed by atoms with Crippen LogP contribution in [0, 0.1) is 10.1 Å². The molecule has 2 aromatic heterocycles. The van der Waals surface area contributed by atoms with E-state index in [1.165, 1.54) is 10.9 Å². The maximum Gasteiger partial charge on any atom is 0.311 e. The summed E-state index contributed by atoms with van der Waals surface area (Å²) in [5, 5.41) is 19.3. The van der Waals surface area contributed by atoms with Gasteiger partial charge in [-0.05, 0) is 30.4 Å². The summed E-state index contributed by atoms with van der Waals surface area (Å²) >= 11 is 1.68. The van der Waals surface area contributed by atoms with Gasteiger partial charge in [-0.15, -0.1) is 11.3 Å². The SMILES string of the molecule is CCCNc1ccc([N+](=O)[O-])c(NCCc2cccs2)n1. The fourth-order valence-electron chi connectivity index (χ4n) is 1.84. The Bertz CT molecular complexity index is 587. The lowest BCUT2D eigenvalue weighted by Crippen LogP contribution is -2.10. The number of hydrogen-bond donors (Lipinski definition) is 2. The van der Waals surface area contributed by atoms with Crippen LogP contribution in [0.25, 0.3) is 0 Å². The molecule has 0 saturated carbocycles. The molecule has 2 heterocycles. The number of aromatic nitrogens is 1. The molecule has 0 aliphatic rings. The number of hydrogen-bond acceptors (Lipinski definition) is 6. The lowest BCUT2D eigenvalue weighted by molar-refractivity contribution is -0.384. The van der Waals surface area contributed by atoms with E-state index in [4.69, 9.17) is 0 Å². The number of nitrogens with one attached hydrogen (secondary N) is 2. The van der Waals surface area contributed by atoms with Crippen molar-refractivity contribution < 1.29 is 4.92 Å². The standard InChI is InChI=1S/C14H18N4O2S/c1-2-8-15-13-6-5-12(18(19)20)14(17-13)16-9-7-11-4-3-10-21-11/h3-6,10H,2,7-9H2,1H3,(H2,15,16,17). The minimum absolute atomic E-state index is 0.00299. The molecule has 0 aliphatic heterocycles. The Morgan fingerprint density at radius 2 is 2.14 bits per heavy atom. The van der Waals surface area contributed by atoms with Crippen molar-refractivity contribution >= 4 is 28.7 Å². The molecule has 0 radical (unpaired) electrons. The second kappa shape index (κ2) is 7.58.